The lowest BCUT2D eigenvalue weighted by Crippen LogP contribution is -2.23. The molecule has 0 saturated heterocycles. The van der Waals surface area contributed by atoms with Crippen molar-refractivity contribution in [2.75, 3.05) is 0 Å². The number of rotatable bonds is 1. The quantitative estimate of drug-likeness (QED) is 0.761. The first kappa shape index (κ1) is 9.71. The van der Waals surface area contributed by atoms with Gasteiger partial charge in [-0.05, 0) is 26.0 Å². The van der Waals surface area contributed by atoms with E-state index in [1.165, 1.54) is 4.68 Å². The minimum atomic E-state index is -0.0507. The van der Waals surface area contributed by atoms with E-state index in [-0.39, 0.29) is 5.56 Å². The molecule has 78 valence electrons. The Bertz CT molecular complexity index is 538. The van der Waals surface area contributed by atoms with Gasteiger partial charge in [-0.1, -0.05) is 0 Å². The lowest BCUT2D eigenvalue weighted by molar-refractivity contribution is 0.687. The van der Waals surface area contributed by atoms with Gasteiger partial charge in [0.15, 0.2) is 0 Å². The molecule has 4 heteroatoms. The summed E-state index contributed by atoms with van der Waals surface area (Å²) in [6.07, 6.45) is 1.84. The van der Waals surface area contributed by atoms with Crippen molar-refractivity contribution in [1.82, 2.24) is 14.8 Å². The first-order valence-corrected chi connectivity index (χ1v) is 4.79. The lowest BCUT2D eigenvalue weighted by atomic mass is 10.1. The van der Waals surface area contributed by atoms with Gasteiger partial charge in [0.1, 0.15) is 0 Å². The number of aryl methyl sites for hydroxylation is 2. The maximum Gasteiger partial charge on any atom is 0.270 e. The third kappa shape index (κ3) is 1.48. The van der Waals surface area contributed by atoms with E-state index < -0.39 is 0 Å². The zero-order valence-electron chi connectivity index (χ0n) is 9.03. The van der Waals surface area contributed by atoms with Gasteiger partial charge in [-0.2, -0.15) is 5.10 Å². The highest BCUT2D eigenvalue weighted by atomic mass is 16.1. The summed E-state index contributed by atoms with van der Waals surface area (Å²) in [6.45, 7) is 3.73. The Morgan fingerprint density at radius 1 is 1.40 bits per heavy atom. The van der Waals surface area contributed by atoms with Crippen LogP contribution in [-0.2, 0) is 7.05 Å². The van der Waals surface area contributed by atoms with Crippen LogP contribution in [0, 0.1) is 13.8 Å². The topological polar surface area (TPSA) is 50.7 Å². The fraction of sp³-hybridized carbons (Fsp3) is 0.273. The van der Waals surface area contributed by atoms with Crippen molar-refractivity contribution in [3.8, 4) is 11.3 Å². The third-order valence-corrected chi connectivity index (χ3v) is 2.52. The molecule has 0 aliphatic rings. The van der Waals surface area contributed by atoms with E-state index in [2.05, 4.69) is 10.1 Å². The fourth-order valence-corrected chi connectivity index (χ4v) is 1.82. The van der Waals surface area contributed by atoms with Crippen LogP contribution in [-0.4, -0.2) is 14.8 Å². The Labute approximate surface area is 87.6 Å². The van der Waals surface area contributed by atoms with E-state index in [4.69, 9.17) is 0 Å². The summed E-state index contributed by atoms with van der Waals surface area (Å²) in [7, 11) is 1.67. The van der Waals surface area contributed by atoms with Gasteiger partial charge in [-0.3, -0.25) is 4.79 Å². The summed E-state index contributed by atoms with van der Waals surface area (Å²) in [4.78, 5) is 14.8. The standard InChI is InChI=1S/C11H13N3O/c1-7-10(9-5-4-6-12-9)8(2)13-14(3)11(7)15/h4-6,12H,1-3H3. The van der Waals surface area contributed by atoms with Crippen molar-refractivity contribution in [2.45, 2.75) is 13.8 Å². The second kappa shape index (κ2) is 3.38. The average Bonchev–Trinajstić information content (AvgIpc) is 2.68. The van der Waals surface area contributed by atoms with Crippen molar-refractivity contribution >= 4 is 0 Å². The van der Waals surface area contributed by atoms with E-state index in [1.807, 2.05) is 32.2 Å². The molecule has 2 rings (SSSR count). The zero-order chi connectivity index (χ0) is 11.0. The van der Waals surface area contributed by atoms with Crippen LogP contribution >= 0.6 is 0 Å². The van der Waals surface area contributed by atoms with Crippen LogP contribution < -0.4 is 5.56 Å². The van der Waals surface area contributed by atoms with Crippen molar-refractivity contribution in [1.29, 1.82) is 0 Å². The van der Waals surface area contributed by atoms with Gasteiger partial charge in [0, 0.05) is 30.1 Å². The SMILES string of the molecule is Cc1nn(C)c(=O)c(C)c1-c1ccc[nH]1. The number of aromatic amines is 1. The summed E-state index contributed by atoms with van der Waals surface area (Å²) < 4.78 is 1.37. The first-order chi connectivity index (χ1) is 7.11. The van der Waals surface area contributed by atoms with Gasteiger partial charge in [0.25, 0.3) is 5.56 Å². The van der Waals surface area contributed by atoms with Gasteiger partial charge in [0.05, 0.1) is 5.69 Å². The Morgan fingerprint density at radius 3 is 2.73 bits per heavy atom. The molecule has 0 aliphatic heterocycles. The highest BCUT2D eigenvalue weighted by Gasteiger charge is 2.11. The van der Waals surface area contributed by atoms with Crippen LogP contribution in [0.4, 0.5) is 0 Å². The summed E-state index contributed by atoms with van der Waals surface area (Å²) in [6, 6.07) is 3.85. The molecule has 0 radical (unpaired) electrons. The molecule has 2 heterocycles. The number of hydrogen-bond donors (Lipinski definition) is 1. The number of H-pyrrole nitrogens is 1. The highest BCUT2D eigenvalue weighted by molar-refractivity contribution is 5.65. The van der Waals surface area contributed by atoms with E-state index in [9.17, 15) is 4.79 Å². The van der Waals surface area contributed by atoms with Crippen LogP contribution in [0.25, 0.3) is 11.3 Å². The summed E-state index contributed by atoms with van der Waals surface area (Å²) in [5.41, 5.74) is 3.38. The molecule has 2 aromatic heterocycles. The normalized spacial score (nSPS) is 10.6. The predicted octanol–water partition coefficient (Wildman–Crippen LogP) is 1.39. The maximum absolute atomic E-state index is 11.7. The summed E-state index contributed by atoms with van der Waals surface area (Å²) in [5.74, 6) is 0. The molecule has 15 heavy (non-hydrogen) atoms. The average molecular weight is 203 g/mol. The van der Waals surface area contributed by atoms with E-state index in [1.54, 1.807) is 7.05 Å². The van der Waals surface area contributed by atoms with Crippen LogP contribution in [0.5, 0.6) is 0 Å². The van der Waals surface area contributed by atoms with Crippen molar-refractivity contribution in [3.05, 3.63) is 39.9 Å². The molecule has 0 aliphatic carbocycles. The number of hydrogen-bond acceptors (Lipinski definition) is 2. The number of nitrogens with zero attached hydrogens (tertiary/aromatic N) is 2. The van der Waals surface area contributed by atoms with Crippen LogP contribution in [0.1, 0.15) is 11.3 Å². The van der Waals surface area contributed by atoms with Crippen LogP contribution in [0.15, 0.2) is 23.1 Å². The summed E-state index contributed by atoms with van der Waals surface area (Å²) >= 11 is 0. The molecule has 0 saturated carbocycles. The van der Waals surface area contributed by atoms with Gasteiger partial charge in [0.2, 0.25) is 0 Å². The molecule has 0 spiro atoms. The van der Waals surface area contributed by atoms with Gasteiger partial charge in [-0.25, -0.2) is 4.68 Å². The van der Waals surface area contributed by atoms with Gasteiger partial charge < -0.3 is 4.98 Å². The highest BCUT2D eigenvalue weighted by Crippen LogP contribution is 2.21. The van der Waals surface area contributed by atoms with Gasteiger partial charge in [-0.15, -0.1) is 0 Å². The molecule has 0 aromatic carbocycles. The molecular weight excluding hydrogens is 190 g/mol. The fourth-order valence-electron chi connectivity index (χ4n) is 1.82. The zero-order valence-corrected chi connectivity index (χ0v) is 9.03. The number of nitrogens with one attached hydrogen (secondary N) is 1. The summed E-state index contributed by atoms with van der Waals surface area (Å²) in [5, 5.41) is 4.17. The Morgan fingerprint density at radius 2 is 2.13 bits per heavy atom. The Kier molecular flexibility index (Phi) is 2.19. The largest absolute Gasteiger partial charge is 0.361 e. The van der Waals surface area contributed by atoms with Crippen molar-refractivity contribution in [3.63, 3.8) is 0 Å². The maximum atomic E-state index is 11.7. The van der Waals surface area contributed by atoms with E-state index in [0.717, 1.165) is 22.5 Å². The molecule has 0 fully saturated rings. The lowest BCUT2D eigenvalue weighted by Gasteiger charge is -2.08. The molecule has 2 aromatic rings. The first-order valence-electron chi connectivity index (χ1n) is 4.79. The number of aromatic nitrogens is 3. The van der Waals surface area contributed by atoms with Crippen LogP contribution in [0.2, 0.25) is 0 Å². The second-order valence-electron chi connectivity index (χ2n) is 3.60. The monoisotopic (exact) mass is 203 g/mol. The molecule has 4 nitrogen and oxygen atoms in total. The third-order valence-electron chi connectivity index (χ3n) is 2.52. The molecule has 0 bridgehead atoms. The van der Waals surface area contributed by atoms with Gasteiger partial charge >= 0.3 is 0 Å². The van der Waals surface area contributed by atoms with Crippen molar-refractivity contribution < 1.29 is 0 Å². The molecule has 0 unspecified atom stereocenters. The molecule has 1 N–H and O–H groups in total. The van der Waals surface area contributed by atoms with E-state index in [0.29, 0.717) is 0 Å². The molecule has 0 amide bonds. The smallest absolute Gasteiger partial charge is 0.270 e. The minimum absolute atomic E-state index is 0.0507. The van der Waals surface area contributed by atoms with E-state index >= 15 is 0 Å². The molecular formula is C11H13N3O. The minimum Gasteiger partial charge on any atom is -0.361 e. The molecule has 0 atom stereocenters. The Hall–Kier alpha value is -1.84. The van der Waals surface area contributed by atoms with Crippen LogP contribution in [0.3, 0.4) is 0 Å². The Balaban J connectivity index is 2.78. The second-order valence-corrected chi connectivity index (χ2v) is 3.60. The predicted molar refractivity (Wildman–Crippen MR) is 58.7 cm³/mol. The van der Waals surface area contributed by atoms with Crippen molar-refractivity contribution in [2.24, 2.45) is 7.05 Å².